The van der Waals surface area contributed by atoms with Crippen LogP contribution in [0.5, 0.6) is 0 Å². The molecule has 5 aromatic rings. The van der Waals surface area contributed by atoms with Gasteiger partial charge in [-0.25, -0.2) is 9.78 Å². The summed E-state index contributed by atoms with van der Waals surface area (Å²) in [7, 11) is 0. The van der Waals surface area contributed by atoms with Crippen LogP contribution in [0.3, 0.4) is 0 Å². The number of benzene rings is 3. The summed E-state index contributed by atoms with van der Waals surface area (Å²) in [6.45, 7) is 2.70. The minimum Gasteiger partial charge on any atom is -0.454 e. The van der Waals surface area contributed by atoms with E-state index in [9.17, 15) is 14.9 Å². The van der Waals surface area contributed by atoms with Crippen LogP contribution in [0.1, 0.15) is 52.8 Å². The third-order valence-electron chi connectivity index (χ3n) is 7.65. The lowest BCUT2D eigenvalue weighted by Gasteiger charge is -2.21. The normalized spacial score (nSPS) is 17.6. The molecule has 1 aliphatic heterocycles. The van der Waals surface area contributed by atoms with Crippen molar-refractivity contribution in [1.29, 1.82) is 5.26 Å². The number of nitrogens with one attached hydrogen (secondary N) is 2. The van der Waals surface area contributed by atoms with Crippen LogP contribution in [0.15, 0.2) is 97.3 Å². The summed E-state index contributed by atoms with van der Waals surface area (Å²) in [4.78, 5) is 39.3. The lowest BCUT2D eigenvalue weighted by Crippen LogP contribution is -2.34. The molecule has 2 aromatic heterocycles. The molecular formula is C34H31N7O4. The molecule has 1 amide bonds. The highest BCUT2D eigenvalue weighted by Crippen LogP contribution is 2.35. The number of ether oxygens (including phenoxy) is 2. The Morgan fingerprint density at radius 2 is 1.64 bits per heavy atom. The average Bonchev–Trinajstić information content (AvgIpc) is 3.70. The van der Waals surface area contributed by atoms with Gasteiger partial charge in [-0.1, -0.05) is 78.9 Å². The minimum atomic E-state index is -0.925. The maximum absolute atomic E-state index is 13.0. The lowest BCUT2D eigenvalue weighted by atomic mass is 9.91. The van der Waals surface area contributed by atoms with Gasteiger partial charge in [0.25, 0.3) is 0 Å². The molecule has 1 aliphatic rings. The average molecular weight is 602 g/mol. The van der Waals surface area contributed by atoms with Gasteiger partial charge >= 0.3 is 5.97 Å². The Bertz CT molecular complexity index is 1780. The summed E-state index contributed by atoms with van der Waals surface area (Å²) in [5, 5.41) is 16.0. The van der Waals surface area contributed by atoms with Gasteiger partial charge in [0.15, 0.2) is 29.3 Å². The monoisotopic (exact) mass is 601 g/mol. The van der Waals surface area contributed by atoms with Crippen molar-refractivity contribution in [2.45, 2.75) is 37.7 Å². The van der Waals surface area contributed by atoms with E-state index in [1.54, 1.807) is 34.9 Å². The second-order valence-electron chi connectivity index (χ2n) is 10.5. The second kappa shape index (κ2) is 13.4. The molecule has 1 fully saturated rings. The topological polar surface area (TPSA) is 144 Å². The Kier molecular flexibility index (Phi) is 8.75. The smallest absolute Gasteiger partial charge is 0.338 e. The van der Waals surface area contributed by atoms with Crippen LogP contribution in [0, 0.1) is 11.3 Å². The zero-order valence-electron chi connectivity index (χ0n) is 24.5. The number of hydrogen-bond acceptors (Lipinski definition) is 9. The molecule has 0 spiro atoms. The predicted molar refractivity (Wildman–Crippen MR) is 166 cm³/mol. The van der Waals surface area contributed by atoms with Crippen molar-refractivity contribution in [3.8, 4) is 6.07 Å². The predicted octanol–water partition coefficient (Wildman–Crippen LogP) is 4.59. The second-order valence-corrected chi connectivity index (χ2v) is 10.5. The number of carbonyl (C=O) groups is 2. The van der Waals surface area contributed by atoms with E-state index >= 15 is 0 Å². The van der Waals surface area contributed by atoms with E-state index in [1.807, 2.05) is 49.4 Å². The molecule has 1 saturated heterocycles. The van der Waals surface area contributed by atoms with E-state index in [4.69, 9.17) is 9.47 Å². The quantitative estimate of drug-likeness (QED) is 0.220. The molecule has 11 heteroatoms. The molecule has 3 atom stereocenters. The highest BCUT2D eigenvalue weighted by atomic mass is 16.6. The van der Waals surface area contributed by atoms with Crippen LogP contribution in [0.2, 0.25) is 0 Å². The van der Waals surface area contributed by atoms with Gasteiger partial charge in [-0.15, -0.1) is 0 Å². The first-order valence-corrected chi connectivity index (χ1v) is 14.7. The summed E-state index contributed by atoms with van der Waals surface area (Å²) >= 11 is 0. The first-order chi connectivity index (χ1) is 22.1. The van der Waals surface area contributed by atoms with Gasteiger partial charge < -0.3 is 20.1 Å². The fraction of sp³-hybridized carbons (Fsp3) is 0.235. The molecule has 226 valence electrons. The standard InChI is InChI=1S/C34H31N7O4/c1-2-36-32(42)26-18-27(45-34(43)24-16-10-5-11-17-24)33(44-26)41-21-38-29-30(39-28(19-35)40-31(29)41)37-20-25(22-12-6-3-7-13-22)23-14-8-4-9-15-23/h3-17,21,25-27,33H,2,18,20H2,1H3,(H,36,42)(H,37,39,40)/t26-,27+,33+/m0/s1. The molecule has 45 heavy (non-hydrogen) atoms. The Hall–Kier alpha value is -5.60. The van der Waals surface area contributed by atoms with Crippen molar-refractivity contribution >= 4 is 28.9 Å². The van der Waals surface area contributed by atoms with Crippen LogP contribution in [0.4, 0.5) is 5.82 Å². The van der Waals surface area contributed by atoms with Gasteiger partial charge in [-0.3, -0.25) is 9.36 Å². The molecule has 0 unspecified atom stereocenters. The van der Waals surface area contributed by atoms with Crippen molar-refractivity contribution in [2.75, 3.05) is 18.4 Å². The van der Waals surface area contributed by atoms with Crippen molar-refractivity contribution in [3.05, 3.63) is 120 Å². The Morgan fingerprint density at radius 1 is 1.00 bits per heavy atom. The molecule has 11 nitrogen and oxygen atoms in total. The minimum absolute atomic E-state index is 0.0113. The maximum Gasteiger partial charge on any atom is 0.338 e. The van der Waals surface area contributed by atoms with Crippen LogP contribution < -0.4 is 10.6 Å². The summed E-state index contributed by atoms with van der Waals surface area (Å²) in [6, 6.07) is 30.9. The van der Waals surface area contributed by atoms with E-state index < -0.39 is 24.4 Å². The van der Waals surface area contributed by atoms with Crippen molar-refractivity contribution in [3.63, 3.8) is 0 Å². The molecule has 0 radical (unpaired) electrons. The van der Waals surface area contributed by atoms with Crippen LogP contribution in [-0.2, 0) is 14.3 Å². The molecule has 0 aliphatic carbocycles. The summed E-state index contributed by atoms with van der Waals surface area (Å²) in [5.74, 6) is -0.560. The number of amides is 1. The van der Waals surface area contributed by atoms with Gasteiger partial charge in [-0.05, 0) is 30.2 Å². The van der Waals surface area contributed by atoms with Crippen molar-refractivity contribution < 1.29 is 19.1 Å². The number of anilines is 1. The first-order valence-electron chi connectivity index (χ1n) is 14.7. The number of rotatable bonds is 10. The number of nitrogens with zero attached hydrogens (tertiary/aromatic N) is 5. The summed E-state index contributed by atoms with van der Waals surface area (Å²) in [6.07, 6.45) is -0.989. The van der Waals surface area contributed by atoms with Crippen LogP contribution in [0.25, 0.3) is 11.2 Å². The van der Waals surface area contributed by atoms with Crippen molar-refractivity contribution in [1.82, 2.24) is 24.8 Å². The SMILES string of the molecule is CCNC(=O)[C@@H]1C[C@@H](OC(=O)c2ccccc2)[C@H](n2cnc3c(NCC(c4ccccc4)c4ccccc4)nc(C#N)nc32)O1. The van der Waals surface area contributed by atoms with E-state index in [0.29, 0.717) is 35.6 Å². The van der Waals surface area contributed by atoms with E-state index in [-0.39, 0.29) is 24.1 Å². The van der Waals surface area contributed by atoms with Crippen LogP contribution >= 0.6 is 0 Å². The molecule has 0 saturated carbocycles. The maximum atomic E-state index is 13.0. The lowest BCUT2D eigenvalue weighted by molar-refractivity contribution is -0.134. The third-order valence-corrected chi connectivity index (χ3v) is 7.65. The van der Waals surface area contributed by atoms with Gasteiger partial charge in [0, 0.05) is 25.4 Å². The van der Waals surface area contributed by atoms with Gasteiger partial charge in [-0.2, -0.15) is 15.2 Å². The van der Waals surface area contributed by atoms with E-state index in [1.165, 1.54) is 6.33 Å². The Labute approximate surface area is 259 Å². The number of carbonyl (C=O) groups excluding carboxylic acids is 2. The number of fused-ring (bicyclic) bond motifs is 1. The molecule has 3 heterocycles. The fourth-order valence-electron chi connectivity index (χ4n) is 5.50. The number of nitriles is 1. The van der Waals surface area contributed by atoms with Gasteiger partial charge in [0.1, 0.15) is 12.2 Å². The van der Waals surface area contributed by atoms with Crippen LogP contribution in [-0.4, -0.2) is 56.7 Å². The van der Waals surface area contributed by atoms with Gasteiger partial charge in [0.05, 0.1) is 11.9 Å². The molecular weight excluding hydrogens is 570 g/mol. The third kappa shape index (κ3) is 6.37. The number of esters is 1. The first kappa shape index (κ1) is 29.5. The van der Waals surface area contributed by atoms with Crippen molar-refractivity contribution in [2.24, 2.45) is 0 Å². The molecule has 2 N–H and O–H groups in total. The highest BCUT2D eigenvalue weighted by molar-refractivity contribution is 5.89. The fourth-order valence-corrected chi connectivity index (χ4v) is 5.50. The highest BCUT2D eigenvalue weighted by Gasteiger charge is 2.43. The largest absolute Gasteiger partial charge is 0.454 e. The zero-order valence-corrected chi connectivity index (χ0v) is 24.5. The molecule has 0 bridgehead atoms. The number of imidazole rings is 1. The number of hydrogen-bond donors (Lipinski definition) is 2. The number of aromatic nitrogens is 4. The Balaban J connectivity index is 1.33. The van der Waals surface area contributed by atoms with E-state index in [2.05, 4.69) is 49.9 Å². The summed E-state index contributed by atoms with van der Waals surface area (Å²) < 4.78 is 13.7. The summed E-state index contributed by atoms with van der Waals surface area (Å²) in [5.41, 5.74) is 3.33. The Morgan fingerprint density at radius 3 is 2.27 bits per heavy atom. The van der Waals surface area contributed by atoms with Gasteiger partial charge in [0.2, 0.25) is 11.7 Å². The zero-order chi connectivity index (χ0) is 31.2. The molecule has 3 aromatic carbocycles. The molecule has 6 rings (SSSR count). The van der Waals surface area contributed by atoms with E-state index in [0.717, 1.165) is 11.1 Å². The number of likely N-dealkylation sites (N-methyl/N-ethyl adjacent to an activating group) is 1.